The number of aryl methyl sites for hydroxylation is 2. The average molecular weight is 233 g/mol. The second-order valence-corrected chi connectivity index (χ2v) is 6.17. The zero-order valence-corrected chi connectivity index (χ0v) is 12.2. The summed E-state index contributed by atoms with van der Waals surface area (Å²) in [7, 11) is 2.03. The van der Waals surface area contributed by atoms with Crippen molar-refractivity contribution in [3.8, 4) is 0 Å². The zero-order valence-electron chi connectivity index (χ0n) is 12.2. The Kier molecular flexibility index (Phi) is 4.76. The van der Waals surface area contributed by atoms with Gasteiger partial charge in [-0.3, -0.25) is 0 Å². The molecule has 0 saturated heterocycles. The molecule has 1 atom stereocenters. The van der Waals surface area contributed by atoms with Gasteiger partial charge < -0.3 is 5.32 Å². The molecule has 0 fully saturated rings. The third-order valence-electron chi connectivity index (χ3n) is 3.53. The van der Waals surface area contributed by atoms with E-state index in [1.807, 2.05) is 7.05 Å². The summed E-state index contributed by atoms with van der Waals surface area (Å²) in [5, 5.41) is 3.27. The summed E-state index contributed by atoms with van der Waals surface area (Å²) in [5.74, 6) is 0.621. The van der Waals surface area contributed by atoms with Gasteiger partial charge in [0.05, 0.1) is 0 Å². The Hall–Kier alpha value is -0.820. The molecule has 0 amide bonds. The zero-order chi connectivity index (χ0) is 13.1. The summed E-state index contributed by atoms with van der Waals surface area (Å²) in [6, 6.07) is 6.85. The van der Waals surface area contributed by atoms with Gasteiger partial charge in [0.2, 0.25) is 0 Å². The largest absolute Gasteiger partial charge is 0.320 e. The highest BCUT2D eigenvalue weighted by atomic mass is 14.8. The van der Waals surface area contributed by atoms with Gasteiger partial charge in [-0.2, -0.15) is 0 Å². The van der Waals surface area contributed by atoms with E-state index >= 15 is 0 Å². The third kappa shape index (κ3) is 3.85. The second-order valence-electron chi connectivity index (χ2n) is 6.17. The van der Waals surface area contributed by atoms with E-state index in [2.05, 4.69) is 58.1 Å². The molecule has 0 saturated carbocycles. The maximum atomic E-state index is 3.27. The van der Waals surface area contributed by atoms with Crippen LogP contribution in [0, 0.1) is 19.3 Å². The van der Waals surface area contributed by atoms with E-state index in [9.17, 15) is 0 Å². The van der Waals surface area contributed by atoms with Crippen LogP contribution < -0.4 is 5.32 Å². The maximum Gasteiger partial charge on any atom is -0.00459 e. The normalized spacial score (nSPS) is 13.8. The van der Waals surface area contributed by atoms with Gasteiger partial charge in [-0.05, 0) is 56.3 Å². The summed E-state index contributed by atoms with van der Waals surface area (Å²) < 4.78 is 0. The molecule has 0 heterocycles. The van der Waals surface area contributed by atoms with Crippen molar-refractivity contribution in [2.75, 3.05) is 13.6 Å². The van der Waals surface area contributed by atoms with E-state index in [0.717, 1.165) is 6.54 Å². The lowest BCUT2D eigenvalue weighted by molar-refractivity contribution is 0.302. The van der Waals surface area contributed by atoms with E-state index in [1.54, 1.807) is 0 Å². The van der Waals surface area contributed by atoms with Crippen LogP contribution >= 0.6 is 0 Å². The molecule has 0 spiro atoms. The summed E-state index contributed by atoms with van der Waals surface area (Å²) in [5.41, 5.74) is 4.61. The van der Waals surface area contributed by atoms with Crippen LogP contribution in [0.2, 0.25) is 0 Å². The Labute approximate surface area is 107 Å². The standard InChI is InChI=1S/C16H27N/c1-12-7-8-14(13(2)11-12)15(9-10-17-6)16(3,4)5/h7-8,11,15,17H,9-10H2,1-6H3. The summed E-state index contributed by atoms with van der Waals surface area (Å²) in [4.78, 5) is 0. The van der Waals surface area contributed by atoms with Gasteiger partial charge in [-0.25, -0.2) is 0 Å². The van der Waals surface area contributed by atoms with Crippen LogP contribution in [0.3, 0.4) is 0 Å². The van der Waals surface area contributed by atoms with Crippen molar-refractivity contribution in [2.24, 2.45) is 5.41 Å². The van der Waals surface area contributed by atoms with Gasteiger partial charge in [0.1, 0.15) is 0 Å². The Morgan fingerprint density at radius 1 is 1.18 bits per heavy atom. The fourth-order valence-corrected chi connectivity index (χ4v) is 2.56. The number of benzene rings is 1. The lowest BCUT2D eigenvalue weighted by Crippen LogP contribution is -2.23. The van der Waals surface area contributed by atoms with E-state index in [4.69, 9.17) is 0 Å². The minimum absolute atomic E-state index is 0.316. The first-order chi connectivity index (χ1) is 7.86. The lowest BCUT2D eigenvalue weighted by atomic mass is 9.73. The molecule has 1 N–H and O–H groups in total. The molecular weight excluding hydrogens is 206 g/mol. The molecule has 0 aliphatic rings. The molecule has 0 aliphatic carbocycles. The summed E-state index contributed by atoms with van der Waals surface area (Å²) >= 11 is 0. The quantitative estimate of drug-likeness (QED) is 0.827. The molecule has 1 aromatic rings. The van der Waals surface area contributed by atoms with Gasteiger partial charge in [0.25, 0.3) is 0 Å². The molecular formula is C16H27N. The molecule has 0 radical (unpaired) electrons. The SMILES string of the molecule is CNCCC(c1ccc(C)cc1C)C(C)(C)C. The number of nitrogens with one attached hydrogen (secondary N) is 1. The van der Waals surface area contributed by atoms with E-state index in [-0.39, 0.29) is 0 Å². The van der Waals surface area contributed by atoms with Crippen LogP contribution in [0.15, 0.2) is 18.2 Å². The van der Waals surface area contributed by atoms with Crippen LogP contribution in [-0.4, -0.2) is 13.6 Å². The molecule has 96 valence electrons. The minimum atomic E-state index is 0.316. The van der Waals surface area contributed by atoms with Gasteiger partial charge in [-0.1, -0.05) is 44.5 Å². The van der Waals surface area contributed by atoms with Crippen LogP contribution in [-0.2, 0) is 0 Å². The Bertz CT molecular complexity index is 360. The van der Waals surface area contributed by atoms with Crippen LogP contribution in [0.25, 0.3) is 0 Å². The molecule has 1 nitrogen and oxygen atoms in total. The highest BCUT2D eigenvalue weighted by molar-refractivity contribution is 5.34. The molecule has 17 heavy (non-hydrogen) atoms. The molecule has 0 aromatic heterocycles. The molecule has 1 unspecified atom stereocenters. The van der Waals surface area contributed by atoms with Crippen molar-refractivity contribution >= 4 is 0 Å². The second kappa shape index (κ2) is 5.68. The monoisotopic (exact) mass is 233 g/mol. The van der Waals surface area contributed by atoms with Crippen molar-refractivity contribution in [1.29, 1.82) is 0 Å². The number of rotatable bonds is 4. The average Bonchev–Trinajstić information content (AvgIpc) is 2.19. The van der Waals surface area contributed by atoms with Crippen LogP contribution in [0.5, 0.6) is 0 Å². The minimum Gasteiger partial charge on any atom is -0.320 e. The maximum absolute atomic E-state index is 3.27. The van der Waals surface area contributed by atoms with Crippen molar-refractivity contribution in [3.05, 3.63) is 34.9 Å². The first kappa shape index (κ1) is 14.2. The highest BCUT2D eigenvalue weighted by Gasteiger charge is 2.26. The Morgan fingerprint density at radius 2 is 1.82 bits per heavy atom. The van der Waals surface area contributed by atoms with Crippen molar-refractivity contribution < 1.29 is 0 Å². The topological polar surface area (TPSA) is 12.0 Å². The summed E-state index contributed by atoms with van der Waals surface area (Å²) in [6.07, 6.45) is 1.20. The van der Waals surface area contributed by atoms with Crippen LogP contribution in [0.4, 0.5) is 0 Å². The van der Waals surface area contributed by atoms with Crippen molar-refractivity contribution in [2.45, 2.75) is 47.0 Å². The van der Waals surface area contributed by atoms with E-state index in [0.29, 0.717) is 11.3 Å². The van der Waals surface area contributed by atoms with Crippen LogP contribution in [0.1, 0.15) is 49.8 Å². The number of hydrogen-bond acceptors (Lipinski definition) is 1. The number of hydrogen-bond donors (Lipinski definition) is 1. The predicted molar refractivity (Wildman–Crippen MR) is 76.7 cm³/mol. The van der Waals surface area contributed by atoms with Crippen molar-refractivity contribution in [1.82, 2.24) is 5.32 Å². The first-order valence-electron chi connectivity index (χ1n) is 6.58. The van der Waals surface area contributed by atoms with E-state index < -0.39 is 0 Å². The Balaban J connectivity index is 3.04. The summed E-state index contributed by atoms with van der Waals surface area (Å²) in [6.45, 7) is 12.5. The fourth-order valence-electron chi connectivity index (χ4n) is 2.56. The highest BCUT2D eigenvalue weighted by Crippen LogP contribution is 2.38. The smallest absolute Gasteiger partial charge is 0.00459 e. The fraction of sp³-hybridized carbons (Fsp3) is 0.625. The molecule has 1 aromatic carbocycles. The van der Waals surface area contributed by atoms with Gasteiger partial charge >= 0.3 is 0 Å². The van der Waals surface area contributed by atoms with E-state index in [1.165, 1.54) is 23.1 Å². The lowest BCUT2D eigenvalue weighted by Gasteiger charge is -2.32. The third-order valence-corrected chi connectivity index (χ3v) is 3.53. The molecule has 0 aliphatic heterocycles. The molecule has 0 bridgehead atoms. The predicted octanol–water partition coefficient (Wildman–Crippen LogP) is 4.04. The molecule has 1 rings (SSSR count). The Morgan fingerprint density at radius 3 is 2.29 bits per heavy atom. The van der Waals surface area contributed by atoms with Gasteiger partial charge in [0, 0.05) is 0 Å². The van der Waals surface area contributed by atoms with Gasteiger partial charge in [0.15, 0.2) is 0 Å². The van der Waals surface area contributed by atoms with Gasteiger partial charge in [-0.15, -0.1) is 0 Å². The van der Waals surface area contributed by atoms with Crippen molar-refractivity contribution in [3.63, 3.8) is 0 Å². The first-order valence-corrected chi connectivity index (χ1v) is 6.58. The molecule has 1 heteroatoms.